The van der Waals surface area contributed by atoms with Crippen molar-refractivity contribution in [3.05, 3.63) is 52.5 Å². The fourth-order valence-corrected chi connectivity index (χ4v) is 3.13. The number of nitriles is 1. The lowest BCUT2D eigenvalue weighted by Gasteiger charge is -2.13. The van der Waals surface area contributed by atoms with E-state index in [1.165, 1.54) is 5.56 Å². The molecule has 0 saturated heterocycles. The minimum absolute atomic E-state index is 0.0612. The fraction of sp³-hybridized carbons (Fsp3) is 0.158. The van der Waals surface area contributed by atoms with Crippen LogP contribution in [0.4, 0.5) is 0 Å². The fourth-order valence-electron chi connectivity index (χ4n) is 2.47. The molecule has 0 aliphatic rings. The SMILES string of the molecule is COc1ccc2c(Br)c(-c3ccc(C)cc3)nc(OCC#N)c2c1. The lowest BCUT2D eigenvalue weighted by Crippen LogP contribution is -2.00. The molecule has 0 unspecified atom stereocenters. The normalized spacial score (nSPS) is 10.4. The van der Waals surface area contributed by atoms with Crippen LogP contribution in [0.5, 0.6) is 11.6 Å². The molecule has 3 aromatic rings. The number of halogens is 1. The maximum absolute atomic E-state index is 8.84. The molecule has 24 heavy (non-hydrogen) atoms. The smallest absolute Gasteiger partial charge is 0.223 e. The van der Waals surface area contributed by atoms with Crippen LogP contribution in [-0.2, 0) is 0 Å². The van der Waals surface area contributed by atoms with Crippen molar-refractivity contribution in [3.8, 4) is 29.0 Å². The van der Waals surface area contributed by atoms with Gasteiger partial charge in [0.25, 0.3) is 0 Å². The minimum atomic E-state index is -0.0612. The van der Waals surface area contributed by atoms with E-state index in [2.05, 4.69) is 20.9 Å². The van der Waals surface area contributed by atoms with Crippen molar-refractivity contribution in [2.24, 2.45) is 0 Å². The molecule has 120 valence electrons. The highest BCUT2D eigenvalue weighted by Crippen LogP contribution is 2.39. The van der Waals surface area contributed by atoms with Crippen molar-refractivity contribution < 1.29 is 9.47 Å². The van der Waals surface area contributed by atoms with Gasteiger partial charge in [0.2, 0.25) is 5.88 Å². The molecule has 0 bridgehead atoms. The zero-order valence-corrected chi connectivity index (χ0v) is 14.9. The monoisotopic (exact) mass is 382 g/mol. The number of nitrogens with zero attached hydrogens (tertiary/aromatic N) is 2. The molecule has 5 heteroatoms. The number of rotatable bonds is 4. The third-order valence-corrected chi connectivity index (χ3v) is 4.52. The first-order valence-corrected chi connectivity index (χ1v) is 8.17. The van der Waals surface area contributed by atoms with Gasteiger partial charge in [0, 0.05) is 16.3 Å². The van der Waals surface area contributed by atoms with Crippen LogP contribution < -0.4 is 9.47 Å². The molecule has 0 N–H and O–H groups in total. The molecule has 0 aliphatic carbocycles. The van der Waals surface area contributed by atoms with E-state index in [0.717, 1.165) is 26.5 Å². The minimum Gasteiger partial charge on any atom is -0.497 e. The summed E-state index contributed by atoms with van der Waals surface area (Å²) in [6, 6.07) is 15.8. The third kappa shape index (κ3) is 3.06. The predicted molar refractivity (Wildman–Crippen MR) is 97.3 cm³/mol. The lowest BCUT2D eigenvalue weighted by atomic mass is 10.1. The zero-order valence-electron chi connectivity index (χ0n) is 13.3. The van der Waals surface area contributed by atoms with Crippen LogP contribution in [-0.4, -0.2) is 18.7 Å². The lowest BCUT2D eigenvalue weighted by molar-refractivity contribution is 0.358. The van der Waals surface area contributed by atoms with Crippen LogP contribution >= 0.6 is 15.9 Å². The molecule has 0 spiro atoms. The number of aryl methyl sites for hydroxylation is 1. The zero-order chi connectivity index (χ0) is 17.1. The summed E-state index contributed by atoms with van der Waals surface area (Å²) in [7, 11) is 1.61. The van der Waals surface area contributed by atoms with E-state index in [1.54, 1.807) is 7.11 Å². The van der Waals surface area contributed by atoms with Gasteiger partial charge in [0.05, 0.1) is 17.3 Å². The summed E-state index contributed by atoms with van der Waals surface area (Å²) in [5.74, 6) is 1.13. The maximum atomic E-state index is 8.84. The second-order valence-corrected chi connectivity index (χ2v) is 6.10. The van der Waals surface area contributed by atoms with Crippen LogP contribution in [0.3, 0.4) is 0 Å². The Kier molecular flexibility index (Phi) is 4.68. The quantitative estimate of drug-likeness (QED) is 0.644. The average Bonchev–Trinajstić information content (AvgIpc) is 2.61. The Hall–Kier alpha value is -2.58. The van der Waals surface area contributed by atoms with Gasteiger partial charge >= 0.3 is 0 Å². The number of methoxy groups -OCH3 is 1. The Labute approximate surface area is 148 Å². The molecule has 1 aromatic heterocycles. The Bertz CT molecular complexity index is 931. The number of aromatic nitrogens is 1. The molecule has 0 amide bonds. The van der Waals surface area contributed by atoms with Gasteiger partial charge in [-0.25, -0.2) is 4.98 Å². The van der Waals surface area contributed by atoms with Crippen LogP contribution in [0.2, 0.25) is 0 Å². The van der Waals surface area contributed by atoms with E-state index in [0.29, 0.717) is 11.6 Å². The van der Waals surface area contributed by atoms with Gasteiger partial charge in [0.15, 0.2) is 6.61 Å². The number of benzene rings is 2. The molecule has 0 aliphatic heterocycles. The van der Waals surface area contributed by atoms with Crippen molar-refractivity contribution >= 4 is 26.7 Å². The van der Waals surface area contributed by atoms with Crippen LogP contribution in [0.25, 0.3) is 22.0 Å². The van der Waals surface area contributed by atoms with Gasteiger partial charge in [-0.15, -0.1) is 0 Å². The standard InChI is InChI=1S/C19H15BrN2O2/c1-12-3-5-13(6-4-12)18-17(20)15-8-7-14(23-2)11-16(15)19(22-18)24-10-9-21/h3-8,11H,10H2,1-2H3. The Balaban J connectivity index is 2.25. The number of hydrogen-bond acceptors (Lipinski definition) is 4. The summed E-state index contributed by atoms with van der Waals surface area (Å²) in [6.07, 6.45) is 0. The molecule has 1 heterocycles. The summed E-state index contributed by atoms with van der Waals surface area (Å²) in [4.78, 5) is 4.64. The molecular weight excluding hydrogens is 368 g/mol. The molecule has 4 nitrogen and oxygen atoms in total. The molecule has 0 atom stereocenters. The van der Waals surface area contributed by atoms with Crippen molar-refractivity contribution in [3.63, 3.8) is 0 Å². The maximum Gasteiger partial charge on any atom is 0.223 e. The van der Waals surface area contributed by atoms with E-state index in [4.69, 9.17) is 14.7 Å². The summed E-state index contributed by atoms with van der Waals surface area (Å²) in [6.45, 7) is 1.98. The van der Waals surface area contributed by atoms with Gasteiger partial charge in [-0.1, -0.05) is 29.8 Å². The summed E-state index contributed by atoms with van der Waals surface area (Å²) >= 11 is 3.66. The van der Waals surface area contributed by atoms with E-state index in [1.807, 2.05) is 55.5 Å². The van der Waals surface area contributed by atoms with Crippen molar-refractivity contribution in [1.29, 1.82) is 5.26 Å². The summed E-state index contributed by atoms with van der Waals surface area (Å²) < 4.78 is 11.7. The first kappa shape index (κ1) is 16.3. The highest BCUT2D eigenvalue weighted by Gasteiger charge is 2.15. The van der Waals surface area contributed by atoms with E-state index >= 15 is 0 Å². The van der Waals surface area contributed by atoms with E-state index < -0.39 is 0 Å². The number of hydrogen-bond donors (Lipinski definition) is 0. The Morgan fingerprint density at radius 2 is 1.88 bits per heavy atom. The van der Waals surface area contributed by atoms with E-state index in [-0.39, 0.29) is 6.61 Å². The molecular formula is C19H15BrN2O2. The van der Waals surface area contributed by atoms with Crippen molar-refractivity contribution in [2.45, 2.75) is 6.92 Å². The highest BCUT2D eigenvalue weighted by atomic mass is 79.9. The van der Waals surface area contributed by atoms with Crippen LogP contribution in [0.15, 0.2) is 46.9 Å². The third-order valence-electron chi connectivity index (χ3n) is 3.71. The van der Waals surface area contributed by atoms with Gasteiger partial charge in [0.1, 0.15) is 11.8 Å². The first-order valence-electron chi connectivity index (χ1n) is 7.38. The van der Waals surface area contributed by atoms with Crippen LogP contribution in [0.1, 0.15) is 5.56 Å². The number of ether oxygens (including phenoxy) is 2. The summed E-state index contributed by atoms with van der Waals surface area (Å²) in [5.41, 5.74) is 2.94. The molecule has 0 radical (unpaired) electrons. The second kappa shape index (κ2) is 6.90. The van der Waals surface area contributed by atoms with Gasteiger partial charge in [-0.05, 0) is 41.1 Å². The molecule has 0 fully saturated rings. The Morgan fingerprint density at radius 1 is 1.12 bits per heavy atom. The van der Waals surface area contributed by atoms with Gasteiger partial charge in [-0.2, -0.15) is 5.26 Å². The van der Waals surface area contributed by atoms with Crippen molar-refractivity contribution in [1.82, 2.24) is 4.98 Å². The Morgan fingerprint density at radius 3 is 2.54 bits per heavy atom. The number of fused-ring (bicyclic) bond motifs is 1. The van der Waals surface area contributed by atoms with Crippen LogP contribution in [0, 0.1) is 18.3 Å². The average molecular weight is 383 g/mol. The summed E-state index contributed by atoms with van der Waals surface area (Å²) in [5, 5.41) is 10.6. The molecule has 0 saturated carbocycles. The molecule has 2 aromatic carbocycles. The predicted octanol–water partition coefficient (Wildman–Crippen LogP) is 4.88. The van der Waals surface area contributed by atoms with Crippen molar-refractivity contribution in [2.75, 3.05) is 13.7 Å². The van der Waals surface area contributed by atoms with Gasteiger partial charge in [-0.3, -0.25) is 0 Å². The highest BCUT2D eigenvalue weighted by molar-refractivity contribution is 9.10. The number of pyridine rings is 1. The molecule has 3 rings (SSSR count). The first-order chi connectivity index (χ1) is 11.6. The van der Waals surface area contributed by atoms with Gasteiger partial charge < -0.3 is 9.47 Å². The topological polar surface area (TPSA) is 55.1 Å². The van der Waals surface area contributed by atoms with E-state index in [9.17, 15) is 0 Å². The largest absolute Gasteiger partial charge is 0.497 e. The second-order valence-electron chi connectivity index (χ2n) is 5.30.